The summed E-state index contributed by atoms with van der Waals surface area (Å²) in [6, 6.07) is 15.2. The van der Waals surface area contributed by atoms with Gasteiger partial charge in [0.15, 0.2) is 0 Å². The second-order valence-electron chi connectivity index (χ2n) is 6.43. The van der Waals surface area contributed by atoms with E-state index in [9.17, 15) is 10.2 Å². The molecule has 3 rings (SSSR count). The summed E-state index contributed by atoms with van der Waals surface area (Å²) in [5.41, 5.74) is 8.93. The van der Waals surface area contributed by atoms with E-state index in [0.29, 0.717) is 5.69 Å². The van der Waals surface area contributed by atoms with Crippen LogP contribution >= 0.6 is 0 Å². The summed E-state index contributed by atoms with van der Waals surface area (Å²) in [7, 11) is 0. The van der Waals surface area contributed by atoms with E-state index in [1.807, 2.05) is 18.2 Å². The van der Waals surface area contributed by atoms with E-state index in [0.717, 1.165) is 22.3 Å². The zero-order valence-corrected chi connectivity index (χ0v) is 17.4. The van der Waals surface area contributed by atoms with Crippen molar-refractivity contribution in [3.05, 3.63) is 76.5 Å². The van der Waals surface area contributed by atoms with Gasteiger partial charge >= 0.3 is 0 Å². The number of pyridine rings is 1. The van der Waals surface area contributed by atoms with Crippen LogP contribution in [0, 0.1) is 26.8 Å². The molecule has 138 valence electrons. The smallest absolute Gasteiger partial charge is 0.0675 e. The molecule has 26 heavy (non-hydrogen) atoms. The van der Waals surface area contributed by atoms with E-state index in [1.165, 1.54) is 22.3 Å². The molecule has 1 aromatic heterocycles. The summed E-state index contributed by atoms with van der Waals surface area (Å²) >= 11 is 0. The molecule has 0 aliphatic heterocycles. The number of rotatable bonds is 4. The van der Waals surface area contributed by atoms with Crippen molar-refractivity contribution in [3.8, 4) is 22.4 Å². The predicted octanol–water partition coefficient (Wildman–Crippen LogP) is 4.12. The molecule has 0 fully saturated rings. The van der Waals surface area contributed by atoms with Gasteiger partial charge in [-0.3, -0.25) is 0 Å². The summed E-state index contributed by atoms with van der Waals surface area (Å²) < 4.78 is 0. The number of aliphatic hydroxyl groups is 2. The summed E-state index contributed by atoms with van der Waals surface area (Å²) in [6.07, 6.45) is 1.66. The Morgan fingerprint density at radius 3 is 2.27 bits per heavy atom. The molecule has 0 atom stereocenters. The first kappa shape index (κ1) is 20.5. The Kier molecular flexibility index (Phi) is 6.88. The van der Waals surface area contributed by atoms with Crippen molar-refractivity contribution in [2.24, 2.45) is 0 Å². The van der Waals surface area contributed by atoms with E-state index >= 15 is 0 Å². The van der Waals surface area contributed by atoms with Gasteiger partial charge in [-0.1, -0.05) is 46.0 Å². The number of hydrogen-bond donors (Lipinski definition) is 2. The van der Waals surface area contributed by atoms with Gasteiger partial charge in [0.1, 0.15) is 0 Å². The molecule has 0 amide bonds. The maximum Gasteiger partial charge on any atom is 0.0675 e. The van der Waals surface area contributed by atoms with Crippen LogP contribution in [0.4, 0.5) is 0 Å². The van der Waals surface area contributed by atoms with Crippen LogP contribution in [0.2, 0.25) is 0 Å². The maximum absolute atomic E-state index is 9.86. The monoisotopic (exact) mass is 527 g/mol. The largest absolute Gasteiger partial charge is 0.401 e. The molecule has 0 bridgehead atoms. The van der Waals surface area contributed by atoms with Gasteiger partial charge in [0, 0.05) is 33.9 Å². The number of aliphatic hydroxyl groups excluding tert-OH is 2. The Labute approximate surface area is 169 Å². The zero-order chi connectivity index (χ0) is 18.0. The first-order valence-corrected chi connectivity index (χ1v) is 8.33. The van der Waals surface area contributed by atoms with E-state index < -0.39 is 0 Å². The standard InChI is InChI=1S/C22H22NO2.Pt/c1-14-8-15(2)22(16(3)9-14)18-4-5-20(19(11-18)13-25)21-10-17(12-24)6-7-23-21;/h4,6-11,24-25H,12-13H2,1-3H3;/q-1;. The predicted molar refractivity (Wildman–Crippen MR) is 100 cm³/mol. The molecule has 0 aliphatic carbocycles. The van der Waals surface area contributed by atoms with E-state index in [-0.39, 0.29) is 34.3 Å². The molecule has 0 unspecified atom stereocenters. The van der Waals surface area contributed by atoms with Crippen molar-refractivity contribution in [2.45, 2.75) is 34.0 Å². The molecule has 0 radical (unpaired) electrons. The molecule has 3 aromatic rings. The van der Waals surface area contributed by atoms with E-state index in [2.05, 4.69) is 44.0 Å². The van der Waals surface area contributed by atoms with E-state index in [4.69, 9.17) is 0 Å². The fourth-order valence-corrected chi connectivity index (χ4v) is 3.40. The molecule has 2 N–H and O–H groups in total. The van der Waals surface area contributed by atoms with Crippen LogP contribution in [0.15, 0.2) is 42.6 Å². The third kappa shape index (κ3) is 4.12. The van der Waals surface area contributed by atoms with Crippen LogP contribution in [-0.2, 0) is 34.3 Å². The first-order chi connectivity index (χ1) is 12.0. The molecule has 4 heteroatoms. The Hall–Kier alpha value is -1.80. The van der Waals surface area contributed by atoms with Crippen molar-refractivity contribution in [2.75, 3.05) is 0 Å². The van der Waals surface area contributed by atoms with Crippen LogP contribution in [-0.4, -0.2) is 15.2 Å². The number of hydrogen-bond acceptors (Lipinski definition) is 3. The molecule has 0 aliphatic rings. The molecule has 3 nitrogen and oxygen atoms in total. The second kappa shape index (κ2) is 8.72. The minimum Gasteiger partial charge on any atom is -0.401 e. The van der Waals surface area contributed by atoms with Crippen molar-refractivity contribution in [1.29, 1.82) is 0 Å². The average Bonchev–Trinajstić information content (AvgIpc) is 2.60. The minimum atomic E-state index is -0.0886. The molecular formula is C22H22NO2Pt-. The van der Waals surface area contributed by atoms with Crippen molar-refractivity contribution < 1.29 is 31.3 Å². The fourth-order valence-electron chi connectivity index (χ4n) is 3.40. The molecule has 0 spiro atoms. The topological polar surface area (TPSA) is 53.4 Å². The van der Waals surface area contributed by atoms with Gasteiger partial charge in [-0.05, 0) is 38.1 Å². The summed E-state index contributed by atoms with van der Waals surface area (Å²) in [5.74, 6) is 0. The van der Waals surface area contributed by atoms with Crippen molar-refractivity contribution >= 4 is 0 Å². The SMILES string of the molecule is Cc1cc(C)c(-c2c[c-]c(-c3cc(CO)ccn3)c(CO)c2)c(C)c1.[Pt]. The van der Waals surface area contributed by atoms with E-state index in [1.54, 1.807) is 12.3 Å². The Balaban J connectivity index is 0.00000243. The third-order valence-electron chi connectivity index (χ3n) is 4.42. The zero-order valence-electron chi connectivity index (χ0n) is 15.1. The summed E-state index contributed by atoms with van der Waals surface area (Å²) in [4.78, 5) is 4.36. The van der Waals surface area contributed by atoms with Gasteiger partial charge in [0.25, 0.3) is 0 Å². The van der Waals surface area contributed by atoms with Crippen LogP contribution in [0.1, 0.15) is 27.8 Å². The molecule has 0 saturated carbocycles. The number of aromatic nitrogens is 1. The number of benzene rings is 2. The van der Waals surface area contributed by atoms with Gasteiger partial charge < -0.3 is 15.2 Å². The van der Waals surface area contributed by atoms with Gasteiger partial charge in [-0.25, -0.2) is 0 Å². The molecule has 0 saturated heterocycles. The maximum atomic E-state index is 9.86. The molecule has 2 aromatic carbocycles. The van der Waals surface area contributed by atoms with Gasteiger partial charge in [-0.15, -0.1) is 29.3 Å². The number of nitrogens with zero attached hydrogens (tertiary/aromatic N) is 1. The van der Waals surface area contributed by atoms with Gasteiger partial charge in [0.2, 0.25) is 0 Å². The van der Waals surface area contributed by atoms with Gasteiger partial charge in [-0.2, -0.15) is 0 Å². The van der Waals surface area contributed by atoms with Crippen LogP contribution in [0.5, 0.6) is 0 Å². The Morgan fingerprint density at radius 1 is 0.962 bits per heavy atom. The quantitative estimate of drug-likeness (QED) is 0.502. The van der Waals surface area contributed by atoms with Crippen LogP contribution < -0.4 is 0 Å². The van der Waals surface area contributed by atoms with Crippen LogP contribution in [0.3, 0.4) is 0 Å². The Bertz CT molecular complexity index is 899. The van der Waals surface area contributed by atoms with Crippen molar-refractivity contribution in [3.63, 3.8) is 0 Å². The average molecular weight is 528 g/mol. The van der Waals surface area contributed by atoms with Crippen LogP contribution in [0.25, 0.3) is 22.4 Å². The summed E-state index contributed by atoms with van der Waals surface area (Å²) in [6.45, 7) is 6.18. The Morgan fingerprint density at radius 2 is 1.65 bits per heavy atom. The fraction of sp³-hybridized carbons (Fsp3) is 0.227. The first-order valence-electron chi connectivity index (χ1n) is 8.33. The minimum absolute atomic E-state index is 0. The molecular weight excluding hydrogens is 505 g/mol. The normalized spacial score (nSPS) is 10.5. The number of aryl methyl sites for hydroxylation is 3. The second-order valence-corrected chi connectivity index (χ2v) is 6.43. The summed E-state index contributed by atoms with van der Waals surface area (Å²) in [5, 5.41) is 19.2. The van der Waals surface area contributed by atoms with Crippen molar-refractivity contribution in [1.82, 2.24) is 4.98 Å². The third-order valence-corrected chi connectivity index (χ3v) is 4.42. The van der Waals surface area contributed by atoms with Gasteiger partial charge in [0.05, 0.1) is 6.61 Å². The molecule has 1 heterocycles.